The Morgan fingerprint density at radius 3 is 2.55 bits per heavy atom. The van der Waals surface area contributed by atoms with Crippen LogP contribution in [0.25, 0.3) is 0 Å². The van der Waals surface area contributed by atoms with Crippen molar-refractivity contribution in [2.45, 2.75) is 40.2 Å². The predicted octanol–water partition coefficient (Wildman–Crippen LogP) is 2.40. The second kappa shape index (κ2) is 6.25. The molecule has 0 saturated carbocycles. The van der Waals surface area contributed by atoms with E-state index in [0.717, 1.165) is 47.6 Å². The van der Waals surface area contributed by atoms with Crippen LogP contribution >= 0.6 is 0 Å². The molecular weight excluding hydrogens is 276 g/mol. The van der Waals surface area contributed by atoms with Gasteiger partial charge in [0.05, 0.1) is 29.8 Å². The number of aryl methyl sites for hydroxylation is 3. The molecule has 0 atom stereocenters. The van der Waals surface area contributed by atoms with Crippen LogP contribution in [0.1, 0.15) is 35.6 Å². The van der Waals surface area contributed by atoms with E-state index in [1.54, 1.807) is 6.20 Å². The van der Waals surface area contributed by atoms with Crippen molar-refractivity contribution in [1.29, 1.82) is 0 Å². The van der Waals surface area contributed by atoms with Crippen molar-refractivity contribution in [2.24, 2.45) is 0 Å². The fourth-order valence-electron chi connectivity index (χ4n) is 2.57. The van der Waals surface area contributed by atoms with Gasteiger partial charge in [-0.3, -0.25) is 4.98 Å². The van der Waals surface area contributed by atoms with E-state index in [1.165, 1.54) is 12.8 Å². The number of nitrogens with zero attached hydrogens (tertiary/aromatic N) is 5. The quantitative estimate of drug-likeness (QED) is 0.935. The van der Waals surface area contributed by atoms with Gasteiger partial charge in [-0.1, -0.05) is 0 Å². The van der Waals surface area contributed by atoms with Crippen LogP contribution in [-0.4, -0.2) is 33.0 Å². The first kappa shape index (κ1) is 14.7. The maximum absolute atomic E-state index is 4.67. The van der Waals surface area contributed by atoms with Gasteiger partial charge in [0.1, 0.15) is 5.82 Å². The molecule has 22 heavy (non-hydrogen) atoms. The van der Waals surface area contributed by atoms with Crippen LogP contribution in [0.2, 0.25) is 0 Å². The Morgan fingerprint density at radius 1 is 1.05 bits per heavy atom. The standard InChI is InChI=1S/C16H22N6/c1-11-8-14(21-16(19-11)22-6-4-5-7-22)9-18-15-10-17-12(2)13(3)20-15/h8,10H,4-7,9H2,1-3H3,(H,18,20). The van der Waals surface area contributed by atoms with E-state index in [4.69, 9.17) is 0 Å². The van der Waals surface area contributed by atoms with Crippen LogP contribution < -0.4 is 10.2 Å². The first-order valence-electron chi connectivity index (χ1n) is 7.75. The van der Waals surface area contributed by atoms with E-state index in [0.29, 0.717) is 6.54 Å². The molecule has 0 aromatic carbocycles. The molecule has 3 heterocycles. The summed E-state index contributed by atoms with van der Waals surface area (Å²) in [5.41, 5.74) is 3.88. The molecule has 116 valence electrons. The van der Waals surface area contributed by atoms with E-state index in [1.807, 2.05) is 26.8 Å². The minimum atomic E-state index is 0.626. The van der Waals surface area contributed by atoms with Crippen LogP contribution in [0.15, 0.2) is 12.3 Å². The smallest absolute Gasteiger partial charge is 0.225 e. The highest BCUT2D eigenvalue weighted by Crippen LogP contribution is 2.17. The Balaban J connectivity index is 1.72. The molecule has 1 aliphatic rings. The van der Waals surface area contributed by atoms with Crippen LogP contribution in [0.5, 0.6) is 0 Å². The van der Waals surface area contributed by atoms with Gasteiger partial charge >= 0.3 is 0 Å². The minimum absolute atomic E-state index is 0.626. The number of hydrogen-bond donors (Lipinski definition) is 1. The molecule has 1 saturated heterocycles. The predicted molar refractivity (Wildman–Crippen MR) is 87.0 cm³/mol. The lowest BCUT2D eigenvalue weighted by Gasteiger charge is -2.16. The Morgan fingerprint density at radius 2 is 1.82 bits per heavy atom. The molecule has 0 unspecified atom stereocenters. The van der Waals surface area contributed by atoms with Crippen molar-refractivity contribution in [3.8, 4) is 0 Å². The molecular formula is C16H22N6. The van der Waals surface area contributed by atoms with E-state index < -0.39 is 0 Å². The summed E-state index contributed by atoms with van der Waals surface area (Å²) < 4.78 is 0. The second-order valence-electron chi connectivity index (χ2n) is 5.77. The van der Waals surface area contributed by atoms with Crippen molar-refractivity contribution in [2.75, 3.05) is 23.3 Å². The zero-order chi connectivity index (χ0) is 15.5. The van der Waals surface area contributed by atoms with E-state index in [9.17, 15) is 0 Å². The summed E-state index contributed by atoms with van der Waals surface area (Å²) in [5, 5.41) is 3.29. The molecule has 2 aromatic rings. The van der Waals surface area contributed by atoms with Gasteiger partial charge in [-0.05, 0) is 39.7 Å². The highest BCUT2D eigenvalue weighted by molar-refractivity contribution is 5.37. The fraction of sp³-hybridized carbons (Fsp3) is 0.500. The zero-order valence-electron chi connectivity index (χ0n) is 13.4. The Labute approximate surface area is 131 Å². The van der Waals surface area contributed by atoms with Gasteiger partial charge in [0, 0.05) is 18.8 Å². The monoisotopic (exact) mass is 298 g/mol. The van der Waals surface area contributed by atoms with E-state index in [2.05, 4.69) is 30.2 Å². The number of anilines is 2. The molecule has 0 radical (unpaired) electrons. The molecule has 0 amide bonds. The normalized spacial score (nSPS) is 14.4. The summed E-state index contributed by atoms with van der Waals surface area (Å²) in [6, 6.07) is 2.01. The third-order valence-corrected chi connectivity index (χ3v) is 3.93. The third-order valence-electron chi connectivity index (χ3n) is 3.93. The number of hydrogen-bond acceptors (Lipinski definition) is 6. The van der Waals surface area contributed by atoms with Gasteiger partial charge in [-0.2, -0.15) is 0 Å². The Hall–Kier alpha value is -2.24. The van der Waals surface area contributed by atoms with Gasteiger partial charge in [0.25, 0.3) is 0 Å². The molecule has 1 fully saturated rings. The second-order valence-corrected chi connectivity index (χ2v) is 5.77. The van der Waals surface area contributed by atoms with Crippen LogP contribution in [-0.2, 0) is 6.54 Å². The number of aromatic nitrogens is 4. The molecule has 6 nitrogen and oxygen atoms in total. The van der Waals surface area contributed by atoms with Gasteiger partial charge in [-0.25, -0.2) is 15.0 Å². The largest absolute Gasteiger partial charge is 0.363 e. The highest BCUT2D eigenvalue weighted by Gasteiger charge is 2.15. The molecule has 0 spiro atoms. The summed E-state index contributed by atoms with van der Waals surface area (Å²) in [7, 11) is 0. The fourth-order valence-corrected chi connectivity index (χ4v) is 2.57. The summed E-state index contributed by atoms with van der Waals surface area (Å²) in [4.78, 5) is 20.3. The third kappa shape index (κ3) is 3.32. The Bertz CT molecular complexity index is 664. The lowest BCUT2D eigenvalue weighted by Crippen LogP contribution is -2.21. The summed E-state index contributed by atoms with van der Waals surface area (Å²) in [5.74, 6) is 1.63. The lowest BCUT2D eigenvalue weighted by atomic mass is 10.3. The molecule has 0 aliphatic carbocycles. The highest BCUT2D eigenvalue weighted by atomic mass is 15.3. The minimum Gasteiger partial charge on any atom is -0.363 e. The van der Waals surface area contributed by atoms with Crippen LogP contribution in [0, 0.1) is 20.8 Å². The number of rotatable bonds is 4. The van der Waals surface area contributed by atoms with Gasteiger partial charge in [-0.15, -0.1) is 0 Å². The van der Waals surface area contributed by atoms with Crippen LogP contribution in [0.4, 0.5) is 11.8 Å². The topological polar surface area (TPSA) is 66.8 Å². The van der Waals surface area contributed by atoms with Crippen molar-refractivity contribution in [3.63, 3.8) is 0 Å². The lowest BCUT2D eigenvalue weighted by molar-refractivity contribution is 0.863. The van der Waals surface area contributed by atoms with Crippen LogP contribution in [0.3, 0.4) is 0 Å². The van der Waals surface area contributed by atoms with Crippen molar-refractivity contribution >= 4 is 11.8 Å². The molecule has 0 bridgehead atoms. The molecule has 6 heteroatoms. The molecule has 1 aliphatic heterocycles. The average Bonchev–Trinajstić information content (AvgIpc) is 3.02. The van der Waals surface area contributed by atoms with Gasteiger partial charge < -0.3 is 10.2 Å². The summed E-state index contributed by atoms with van der Waals surface area (Å²) in [6.45, 7) is 8.68. The summed E-state index contributed by atoms with van der Waals surface area (Å²) >= 11 is 0. The van der Waals surface area contributed by atoms with Gasteiger partial charge in [0.2, 0.25) is 5.95 Å². The van der Waals surface area contributed by atoms with E-state index in [-0.39, 0.29) is 0 Å². The van der Waals surface area contributed by atoms with Crippen molar-refractivity contribution in [1.82, 2.24) is 19.9 Å². The molecule has 3 rings (SSSR count). The van der Waals surface area contributed by atoms with E-state index >= 15 is 0 Å². The van der Waals surface area contributed by atoms with Gasteiger partial charge in [0.15, 0.2) is 0 Å². The maximum atomic E-state index is 4.67. The number of nitrogens with one attached hydrogen (secondary N) is 1. The first-order chi connectivity index (χ1) is 10.6. The first-order valence-corrected chi connectivity index (χ1v) is 7.75. The zero-order valence-corrected chi connectivity index (χ0v) is 13.4. The maximum Gasteiger partial charge on any atom is 0.225 e. The van der Waals surface area contributed by atoms with Crippen molar-refractivity contribution in [3.05, 3.63) is 35.0 Å². The molecule has 2 aromatic heterocycles. The molecule has 1 N–H and O–H groups in total. The SMILES string of the molecule is Cc1cc(CNc2cnc(C)c(C)n2)nc(N2CCCC2)n1. The average molecular weight is 298 g/mol. The van der Waals surface area contributed by atoms with Crippen molar-refractivity contribution < 1.29 is 0 Å². The Kier molecular flexibility index (Phi) is 4.18. The summed E-state index contributed by atoms with van der Waals surface area (Å²) in [6.07, 6.45) is 4.21.